The van der Waals surface area contributed by atoms with Gasteiger partial charge in [0.2, 0.25) is 0 Å². The Labute approximate surface area is 125 Å². The van der Waals surface area contributed by atoms with Crippen LogP contribution in [-0.4, -0.2) is 9.97 Å². The van der Waals surface area contributed by atoms with Crippen molar-refractivity contribution in [3.8, 4) is 0 Å². The number of H-pyrrole nitrogens is 1. The van der Waals surface area contributed by atoms with Crippen LogP contribution < -0.4 is 5.32 Å². The molecule has 0 atom stereocenters. The minimum Gasteiger partial charge on any atom is -0.341 e. The number of hydrogen-bond donors (Lipinski definition) is 2. The van der Waals surface area contributed by atoms with Crippen molar-refractivity contribution in [2.75, 3.05) is 0 Å². The van der Waals surface area contributed by atoms with Gasteiger partial charge in [-0.2, -0.15) is 13.2 Å². The largest absolute Gasteiger partial charge is 0.416 e. The van der Waals surface area contributed by atoms with Crippen molar-refractivity contribution in [3.05, 3.63) is 65.5 Å². The molecule has 3 aromatic rings. The van der Waals surface area contributed by atoms with Gasteiger partial charge in [-0.1, -0.05) is 30.3 Å². The van der Waals surface area contributed by atoms with E-state index in [9.17, 15) is 13.2 Å². The first kappa shape index (κ1) is 14.6. The van der Waals surface area contributed by atoms with Crippen LogP contribution in [0, 0.1) is 0 Å². The lowest BCUT2D eigenvalue weighted by Crippen LogP contribution is -2.13. The maximum atomic E-state index is 12.7. The van der Waals surface area contributed by atoms with Crippen molar-refractivity contribution in [3.63, 3.8) is 0 Å². The molecule has 2 aromatic carbocycles. The Kier molecular flexibility index (Phi) is 3.85. The average Bonchev–Trinajstić information content (AvgIpc) is 2.89. The number of benzene rings is 2. The van der Waals surface area contributed by atoms with Gasteiger partial charge in [0.1, 0.15) is 5.82 Å². The van der Waals surface area contributed by atoms with Crippen LogP contribution >= 0.6 is 0 Å². The van der Waals surface area contributed by atoms with Gasteiger partial charge in [0.25, 0.3) is 0 Å². The van der Waals surface area contributed by atoms with Crippen molar-refractivity contribution in [1.29, 1.82) is 0 Å². The fourth-order valence-corrected chi connectivity index (χ4v) is 2.24. The van der Waals surface area contributed by atoms with Gasteiger partial charge in [0, 0.05) is 6.54 Å². The molecule has 0 aliphatic rings. The van der Waals surface area contributed by atoms with E-state index in [-0.39, 0.29) is 0 Å². The summed E-state index contributed by atoms with van der Waals surface area (Å²) in [5.41, 5.74) is 1.39. The molecule has 3 nitrogen and oxygen atoms in total. The summed E-state index contributed by atoms with van der Waals surface area (Å²) in [6, 6.07) is 13.4. The molecule has 22 heavy (non-hydrogen) atoms. The quantitative estimate of drug-likeness (QED) is 0.768. The van der Waals surface area contributed by atoms with Crippen LogP contribution in [0.25, 0.3) is 11.0 Å². The molecule has 114 valence electrons. The number of nitrogens with zero attached hydrogens (tertiary/aromatic N) is 1. The van der Waals surface area contributed by atoms with E-state index in [4.69, 9.17) is 0 Å². The molecule has 0 saturated carbocycles. The van der Waals surface area contributed by atoms with E-state index >= 15 is 0 Å². The van der Waals surface area contributed by atoms with Crippen LogP contribution in [0.5, 0.6) is 0 Å². The predicted molar refractivity (Wildman–Crippen MR) is 78.1 cm³/mol. The van der Waals surface area contributed by atoms with Gasteiger partial charge in [-0.15, -0.1) is 0 Å². The highest BCUT2D eigenvalue weighted by Gasteiger charge is 2.30. The van der Waals surface area contributed by atoms with Gasteiger partial charge < -0.3 is 10.3 Å². The lowest BCUT2D eigenvalue weighted by Gasteiger charge is -2.05. The summed E-state index contributed by atoms with van der Waals surface area (Å²) in [5, 5.41) is 3.21. The highest BCUT2D eigenvalue weighted by atomic mass is 19.4. The van der Waals surface area contributed by atoms with Gasteiger partial charge in [-0.25, -0.2) is 4.98 Å². The number of hydrogen-bond acceptors (Lipinski definition) is 2. The maximum absolute atomic E-state index is 12.7. The Balaban J connectivity index is 1.70. The van der Waals surface area contributed by atoms with Crippen LogP contribution in [0.2, 0.25) is 0 Å². The monoisotopic (exact) mass is 305 g/mol. The number of aromatic amines is 1. The van der Waals surface area contributed by atoms with E-state index in [2.05, 4.69) is 15.3 Å². The molecule has 0 aliphatic heterocycles. The third-order valence-corrected chi connectivity index (χ3v) is 3.32. The lowest BCUT2D eigenvalue weighted by atomic mass is 10.2. The zero-order chi connectivity index (χ0) is 15.6. The lowest BCUT2D eigenvalue weighted by molar-refractivity contribution is -0.137. The van der Waals surface area contributed by atoms with Gasteiger partial charge in [-0.3, -0.25) is 0 Å². The smallest absolute Gasteiger partial charge is 0.341 e. The Bertz CT molecular complexity index is 763. The average molecular weight is 305 g/mol. The second-order valence-corrected chi connectivity index (χ2v) is 5.00. The summed E-state index contributed by atoms with van der Waals surface area (Å²) in [6.45, 7) is 1.14. The number of halogens is 3. The molecule has 0 bridgehead atoms. The molecule has 0 saturated heterocycles. The van der Waals surface area contributed by atoms with Crippen LogP contribution in [0.15, 0.2) is 48.5 Å². The Morgan fingerprint density at radius 3 is 2.50 bits per heavy atom. The van der Waals surface area contributed by atoms with E-state index in [1.54, 1.807) is 0 Å². The summed E-state index contributed by atoms with van der Waals surface area (Å²) < 4.78 is 38.0. The summed E-state index contributed by atoms with van der Waals surface area (Å²) in [4.78, 5) is 7.20. The van der Waals surface area contributed by atoms with E-state index in [1.165, 1.54) is 6.07 Å². The summed E-state index contributed by atoms with van der Waals surface area (Å²) in [7, 11) is 0. The first-order valence-electron chi connectivity index (χ1n) is 6.83. The summed E-state index contributed by atoms with van der Waals surface area (Å²) in [5.74, 6) is 0.616. The van der Waals surface area contributed by atoms with Crippen LogP contribution in [0.4, 0.5) is 13.2 Å². The van der Waals surface area contributed by atoms with Gasteiger partial charge in [-0.05, 0) is 23.8 Å². The van der Waals surface area contributed by atoms with Crippen LogP contribution in [-0.2, 0) is 19.3 Å². The van der Waals surface area contributed by atoms with E-state index in [1.807, 2.05) is 30.3 Å². The first-order valence-corrected chi connectivity index (χ1v) is 6.83. The number of nitrogens with one attached hydrogen (secondary N) is 2. The van der Waals surface area contributed by atoms with Crippen LogP contribution in [0.1, 0.15) is 17.0 Å². The highest BCUT2D eigenvalue weighted by Crippen LogP contribution is 2.30. The number of aromatic nitrogens is 2. The SMILES string of the molecule is FC(F)(F)c1ccc2nc(CNCc3ccccc3)[nH]c2c1. The van der Waals surface area contributed by atoms with E-state index < -0.39 is 11.7 Å². The fraction of sp³-hybridized carbons (Fsp3) is 0.188. The third-order valence-electron chi connectivity index (χ3n) is 3.32. The molecule has 3 rings (SSSR count). The van der Waals surface area contributed by atoms with E-state index in [0.29, 0.717) is 29.9 Å². The molecule has 0 amide bonds. The zero-order valence-electron chi connectivity index (χ0n) is 11.6. The molecular formula is C16H14F3N3. The van der Waals surface area contributed by atoms with Crippen molar-refractivity contribution in [1.82, 2.24) is 15.3 Å². The van der Waals surface area contributed by atoms with Gasteiger partial charge >= 0.3 is 6.18 Å². The van der Waals surface area contributed by atoms with Gasteiger partial charge in [0.05, 0.1) is 23.1 Å². The molecule has 0 spiro atoms. The Morgan fingerprint density at radius 1 is 1.00 bits per heavy atom. The second-order valence-electron chi connectivity index (χ2n) is 5.00. The normalized spacial score (nSPS) is 12.0. The second kappa shape index (κ2) is 5.81. The molecule has 0 radical (unpaired) electrons. The number of imidazole rings is 1. The predicted octanol–water partition coefficient (Wildman–Crippen LogP) is 3.87. The Morgan fingerprint density at radius 2 is 1.77 bits per heavy atom. The summed E-state index contributed by atoms with van der Waals surface area (Å²) >= 11 is 0. The molecule has 0 aliphatic carbocycles. The third kappa shape index (κ3) is 3.28. The standard InChI is InChI=1S/C16H14F3N3/c17-16(18,19)12-6-7-13-14(8-12)22-15(21-13)10-20-9-11-4-2-1-3-5-11/h1-8,20H,9-10H2,(H,21,22). The van der Waals surface area contributed by atoms with Crippen molar-refractivity contribution < 1.29 is 13.2 Å². The van der Waals surface area contributed by atoms with Crippen molar-refractivity contribution in [2.45, 2.75) is 19.3 Å². The van der Waals surface area contributed by atoms with Gasteiger partial charge in [0.15, 0.2) is 0 Å². The maximum Gasteiger partial charge on any atom is 0.416 e. The molecule has 2 N–H and O–H groups in total. The van der Waals surface area contributed by atoms with Crippen molar-refractivity contribution in [2.24, 2.45) is 0 Å². The molecule has 0 fully saturated rings. The number of fused-ring (bicyclic) bond motifs is 1. The number of alkyl halides is 3. The zero-order valence-corrected chi connectivity index (χ0v) is 11.6. The minimum absolute atomic E-state index is 0.395. The molecule has 1 aromatic heterocycles. The van der Waals surface area contributed by atoms with Crippen molar-refractivity contribution >= 4 is 11.0 Å². The number of rotatable bonds is 4. The topological polar surface area (TPSA) is 40.7 Å². The fourth-order valence-electron chi connectivity index (χ4n) is 2.24. The summed E-state index contributed by atoms with van der Waals surface area (Å²) in [6.07, 6.45) is -4.34. The Hall–Kier alpha value is -2.34. The molecule has 6 heteroatoms. The first-order chi connectivity index (χ1) is 10.5. The minimum atomic E-state index is -4.34. The molecule has 1 heterocycles. The molecule has 0 unspecified atom stereocenters. The van der Waals surface area contributed by atoms with Crippen LogP contribution in [0.3, 0.4) is 0 Å². The molecular weight excluding hydrogens is 291 g/mol. The van der Waals surface area contributed by atoms with E-state index in [0.717, 1.165) is 17.7 Å². The highest BCUT2D eigenvalue weighted by molar-refractivity contribution is 5.76.